The second-order valence-corrected chi connectivity index (χ2v) is 8.46. The van der Waals surface area contributed by atoms with Crippen molar-refractivity contribution < 1.29 is 14.2 Å². The summed E-state index contributed by atoms with van der Waals surface area (Å²) in [6.07, 6.45) is 0. The zero-order valence-electron chi connectivity index (χ0n) is 19.6. The number of nitrogens with zero attached hydrogens (tertiary/aromatic N) is 3. The molecular formula is C23H35IN4O3S. The fraction of sp³-hybridized carbons (Fsp3) is 0.522. The summed E-state index contributed by atoms with van der Waals surface area (Å²) in [6, 6.07) is 6.25. The van der Waals surface area contributed by atoms with Crippen LogP contribution in [0.2, 0.25) is 0 Å². The molecule has 0 aliphatic carbocycles. The Morgan fingerprint density at radius 3 is 2.25 bits per heavy atom. The van der Waals surface area contributed by atoms with Gasteiger partial charge in [-0.05, 0) is 46.0 Å². The lowest BCUT2D eigenvalue weighted by molar-refractivity contribution is 0.172. The van der Waals surface area contributed by atoms with Crippen LogP contribution < -0.4 is 19.5 Å². The molecule has 0 saturated carbocycles. The van der Waals surface area contributed by atoms with Crippen LogP contribution in [0.15, 0.2) is 34.0 Å². The van der Waals surface area contributed by atoms with Crippen LogP contribution in [0.25, 0.3) is 0 Å². The summed E-state index contributed by atoms with van der Waals surface area (Å²) in [6.45, 7) is 7.79. The highest BCUT2D eigenvalue weighted by Crippen LogP contribution is 2.38. The number of hydrogen-bond acceptors (Lipinski definition) is 6. The minimum Gasteiger partial charge on any atom is -0.493 e. The minimum absolute atomic E-state index is 0. The van der Waals surface area contributed by atoms with Gasteiger partial charge in [-0.3, -0.25) is 9.89 Å². The first-order chi connectivity index (χ1) is 15.1. The van der Waals surface area contributed by atoms with Crippen molar-refractivity contribution in [2.45, 2.75) is 19.4 Å². The van der Waals surface area contributed by atoms with Gasteiger partial charge in [-0.15, -0.1) is 24.0 Å². The van der Waals surface area contributed by atoms with E-state index >= 15 is 0 Å². The molecule has 2 heterocycles. The van der Waals surface area contributed by atoms with E-state index in [0.717, 1.165) is 50.8 Å². The first-order valence-corrected chi connectivity index (χ1v) is 11.5. The lowest BCUT2D eigenvalue weighted by Gasteiger charge is -2.36. The van der Waals surface area contributed by atoms with E-state index < -0.39 is 0 Å². The Bertz CT molecular complexity index is 830. The Morgan fingerprint density at radius 2 is 1.75 bits per heavy atom. The van der Waals surface area contributed by atoms with Gasteiger partial charge in [0.25, 0.3) is 0 Å². The number of nitrogens with one attached hydrogen (secondary N) is 1. The van der Waals surface area contributed by atoms with Crippen LogP contribution in [0.4, 0.5) is 0 Å². The van der Waals surface area contributed by atoms with Crippen LogP contribution in [-0.4, -0.2) is 76.9 Å². The molecule has 1 aromatic heterocycles. The maximum absolute atomic E-state index is 5.49. The Morgan fingerprint density at radius 1 is 1.09 bits per heavy atom. The molecule has 2 aromatic rings. The molecule has 1 atom stereocenters. The van der Waals surface area contributed by atoms with Gasteiger partial charge in [0.15, 0.2) is 17.5 Å². The van der Waals surface area contributed by atoms with Crippen LogP contribution in [-0.2, 0) is 6.54 Å². The Balaban J connectivity index is 0.00000363. The standard InChI is InChI=1S/C23H34N4O3S.HI/c1-17(19-6-11-31-16-19)14-25-23(24-2)27-9-7-26(8-10-27)15-18-12-20(28-3)22(30-5)21(13-18)29-4;/h6,11-13,16-17H,7-10,14-15H2,1-5H3,(H,24,25);1H. The zero-order chi connectivity index (χ0) is 22.2. The summed E-state index contributed by atoms with van der Waals surface area (Å²) in [7, 11) is 6.79. The van der Waals surface area contributed by atoms with E-state index in [0.29, 0.717) is 23.2 Å². The van der Waals surface area contributed by atoms with Crippen molar-refractivity contribution >= 4 is 41.3 Å². The van der Waals surface area contributed by atoms with Gasteiger partial charge in [0.2, 0.25) is 5.75 Å². The van der Waals surface area contributed by atoms with Crippen LogP contribution >= 0.6 is 35.3 Å². The summed E-state index contributed by atoms with van der Waals surface area (Å²) in [5, 5.41) is 7.90. The van der Waals surface area contributed by atoms with Crippen molar-refractivity contribution in [3.05, 3.63) is 40.1 Å². The molecule has 178 valence electrons. The smallest absolute Gasteiger partial charge is 0.203 e. The molecular weight excluding hydrogens is 539 g/mol. The van der Waals surface area contributed by atoms with Crippen molar-refractivity contribution in [1.82, 2.24) is 15.1 Å². The maximum Gasteiger partial charge on any atom is 0.203 e. The number of aliphatic imine (C=N–C) groups is 1. The zero-order valence-corrected chi connectivity index (χ0v) is 22.7. The first-order valence-electron chi connectivity index (χ1n) is 10.6. The number of benzene rings is 1. The maximum atomic E-state index is 5.49. The quantitative estimate of drug-likeness (QED) is 0.294. The molecule has 1 saturated heterocycles. The van der Waals surface area contributed by atoms with E-state index in [1.54, 1.807) is 32.7 Å². The lowest BCUT2D eigenvalue weighted by atomic mass is 10.1. The molecule has 9 heteroatoms. The van der Waals surface area contributed by atoms with Gasteiger partial charge in [-0.2, -0.15) is 11.3 Å². The van der Waals surface area contributed by atoms with Crippen LogP contribution in [0.1, 0.15) is 24.0 Å². The van der Waals surface area contributed by atoms with Gasteiger partial charge >= 0.3 is 0 Å². The molecule has 0 bridgehead atoms. The van der Waals surface area contributed by atoms with Gasteiger partial charge in [0, 0.05) is 46.3 Å². The van der Waals surface area contributed by atoms with Crippen molar-refractivity contribution in [2.75, 3.05) is 61.1 Å². The highest BCUT2D eigenvalue weighted by molar-refractivity contribution is 14.0. The third-order valence-corrected chi connectivity index (χ3v) is 6.39. The van der Waals surface area contributed by atoms with Gasteiger partial charge in [-0.25, -0.2) is 0 Å². The molecule has 0 amide bonds. The first kappa shape index (κ1) is 26.5. The second kappa shape index (κ2) is 13.1. The number of ether oxygens (including phenoxy) is 3. The van der Waals surface area contributed by atoms with Crippen molar-refractivity contribution in [1.29, 1.82) is 0 Å². The molecule has 7 nitrogen and oxygen atoms in total. The number of piperazine rings is 1. The second-order valence-electron chi connectivity index (χ2n) is 7.68. The average Bonchev–Trinajstić information content (AvgIpc) is 3.34. The molecule has 1 N–H and O–H groups in total. The van der Waals surface area contributed by atoms with Gasteiger partial charge in [-0.1, -0.05) is 6.92 Å². The summed E-state index contributed by atoms with van der Waals surface area (Å²) in [4.78, 5) is 9.29. The number of guanidine groups is 1. The molecule has 32 heavy (non-hydrogen) atoms. The van der Waals surface area contributed by atoms with Gasteiger partial charge in [0.1, 0.15) is 0 Å². The molecule has 3 rings (SSSR count). The Hall–Kier alpha value is -1.72. The highest BCUT2D eigenvalue weighted by Gasteiger charge is 2.21. The molecule has 0 radical (unpaired) electrons. The van der Waals surface area contributed by atoms with Crippen LogP contribution in [0, 0.1) is 0 Å². The molecule has 1 aliphatic rings. The van der Waals surface area contributed by atoms with E-state index in [2.05, 4.69) is 43.9 Å². The van der Waals surface area contributed by atoms with E-state index in [-0.39, 0.29) is 24.0 Å². The average molecular weight is 575 g/mol. The number of hydrogen-bond donors (Lipinski definition) is 1. The van der Waals surface area contributed by atoms with E-state index in [9.17, 15) is 0 Å². The van der Waals surface area contributed by atoms with Crippen LogP contribution in [0.5, 0.6) is 17.2 Å². The van der Waals surface area contributed by atoms with Crippen molar-refractivity contribution in [2.24, 2.45) is 4.99 Å². The predicted octanol–water partition coefficient (Wildman–Crippen LogP) is 3.89. The van der Waals surface area contributed by atoms with E-state index in [1.807, 2.05) is 19.2 Å². The summed E-state index contributed by atoms with van der Waals surface area (Å²) in [5.74, 6) is 3.46. The lowest BCUT2D eigenvalue weighted by Crippen LogP contribution is -2.52. The molecule has 0 spiro atoms. The molecule has 1 aliphatic heterocycles. The van der Waals surface area contributed by atoms with Gasteiger partial charge in [0.05, 0.1) is 21.3 Å². The van der Waals surface area contributed by atoms with Crippen molar-refractivity contribution in [3.8, 4) is 17.2 Å². The number of thiophene rings is 1. The SMILES string of the molecule is CN=C(NCC(C)c1ccsc1)N1CCN(Cc2cc(OC)c(OC)c(OC)c2)CC1.I. The fourth-order valence-corrected chi connectivity index (χ4v) is 4.63. The molecule has 1 unspecified atom stereocenters. The fourth-order valence-electron chi connectivity index (χ4n) is 3.85. The summed E-state index contributed by atoms with van der Waals surface area (Å²) < 4.78 is 16.4. The third-order valence-electron chi connectivity index (χ3n) is 5.69. The minimum atomic E-state index is 0. The number of halogens is 1. The monoisotopic (exact) mass is 574 g/mol. The summed E-state index contributed by atoms with van der Waals surface area (Å²) in [5.41, 5.74) is 2.53. The Labute approximate surface area is 212 Å². The van der Waals surface area contributed by atoms with Crippen molar-refractivity contribution in [3.63, 3.8) is 0 Å². The Kier molecular flexibility index (Phi) is 10.9. The van der Waals surface area contributed by atoms with Gasteiger partial charge < -0.3 is 24.4 Å². The molecule has 1 aromatic carbocycles. The summed E-state index contributed by atoms with van der Waals surface area (Å²) >= 11 is 1.75. The van der Waals surface area contributed by atoms with Crippen LogP contribution in [0.3, 0.4) is 0 Å². The topological polar surface area (TPSA) is 58.6 Å². The molecule has 1 fully saturated rings. The third kappa shape index (κ3) is 6.64. The largest absolute Gasteiger partial charge is 0.493 e. The van der Waals surface area contributed by atoms with E-state index in [4.69, 9.17) is 14.2 Å². The predicted molar refractivity (Wildman–Crippen MR) is 142 cm³/mol. The number of rotatable bonds is 8. The normalized spacial score (nSPS) is 15.7. The van der Waals surface area contributed by atoms with E-state index in [1.165, 1.54) is 5.56 Å². The number of methoxy groups -OCH3 is 3. The highest BCUT2D eigenvalue weighted by atomic mass is 127.